The average Bonchev–Trinajstić information content (AvgIpc) is 2.46. The van der Waals surface area contributed by atoms with E-state index < -0.39 is 10.9 Å². The zero-order valence-electron chi connectivity index (χ0n) is 10.7. The van der Waals surface area contributed by atoms with E-state index in [1.54, 1.807) is 24.3 Å². The molecule has 0 aliphatic rings. The molecule has 2 rings (SSSR count). The molecular formula is C14H10BrNO5. The van der Waals surface area contributed by atoms with Crippen molar-refractivity contribution in [2.45, 2.75) is 6.61 Å². The fourth-order valence-corrected chi connectivity index (χ4v) is 1.99. The first-order chi connectivity index (χ1) is 9.99. The standard InChI is InChI=1S/C14H10BrNO5/c15-10-6-4-9(5-7-10)8-21-13-11(14(17)18)2-1-3-12(13)16(19)20/h1-7H,8H2,(H,17,18). The first-order valence-corrected chi connectivity index (χ1v) is 6.66. The lowest BCUT2D eigenvalue weighted by Crippen LogP contribution is -2.06. The van der Waals surface area contributed by atoms with Crippen LogP contribution in [0, 0.1) is 10.1 Å². The second-order valence-corrected chi connectivity index (χ2v) is 5.05. The normalized spacial score (nSPS) is 10.1. The highest BCUT2D eigenvalue weighted by Crippen LogP contribution is 2.31. The van der Waals surface area contributed by atoms with Crippen LogP contribution in [0.3, 0.4) is 0 Å². The van der Waals surface area contributed by atoms with Crippen LogP contribution in [0.15, 0.2) is 46.9 Å². The fraction of sp³-hybridized carbons (Fsp3) is 0.0714. The molecule has 0 fully saturated rings. The maximum atomic E-state index is 11.1. The average molecular weight is 352 g/mol. The van der Waals surface area contributed by atoms with Crippen molar-refractivity contribution in [3.8, 4) is 5.75 Å². The van der Waals surface area contributed by atoms with Gasteiger partial charge in [-0.15, -0.1) is 0 Å². The summed E-state index contributed by atoms with van der Waals surface area (Å²) >= 11 is 3.29. The zero-order valence-corrected chi connectivity index (χ0v) is 12.2. The Morgan fingerprint density at radius 1 is 1.24 bits per heavy atom. The van der Waals surface area contributed by atoms with Crippen LogP contribution in [0.25, 0.3) is 0 Å². The van der Waals surface area contributed by atoms with Gasteiger partial charge in [0.1, 0.15) is 12.2 Å². The maximum Gasteiger partial charge on any atom is 0.339 e. The second kappa shape index (κ2) is 6.36. The van der Waals surface area contributed by atoms with E-state index in [2.05, 4.69) is 15.9 Å². The van der Waals surface area contributed by atoms with Gasteiger partial charge in [-0.2, -0.15) is 0 Å². The van der Waals surface area contributed by atoms with Crippen LogP contribution in [0.4, 0.5) is 5.69 Å². The van der Waals surface area contributed by atoms with Gasteiger partial charge in [-0.25, -0.2) is 4.79 Å². The number of ether oxygens (including phenoxy) is 1. The van der Waals surface area contributed by atoms with Crippen LogP contribution < -0.4 is 4.74 Å². The van der Waals surface area contributed by atoms with Gasteiger partial charge in [0.2, 0.25) is 5.75 Å². The minimum atomic E-state index is -1.27. The summed E-state index contributed by atoms with van der Waals surface area (Å²) in [5, 5.41) is 20.1. The Hall–Kier alpha value is -2.41. The fourth-order valence-electron chi connectivity index (χ4n) is 1.72. The van der Waals surface area contributed by atoms with Gasteiger partial charge in [0, 0.05) is 10.5 Å². The van der Waals surface area contributed by atoms with Crippen LogP contribution in [0.2, 0.25) is 0 Å². The van der Waals surface area contributed by atoms with Crippen molar-refractivity contribution in [1.29, 1.82) is 0 Å². The van der Waals surface area contributed by atoms with Crippen LogP contribution >= 0.6 is 15.9 Å². The number of nitrogens with zero attached hydrogens (tertiary/aromatic N) is 1. The topological polar surface area (TPSA) is 89.7 Å². The summed E-state index contributed by atoms with van der Waals surface area (Å²) in [5.74, 6) is -1.51. The summed E-state index contributed by atoms with van der Waals surface area (Å²) in [6.07, 6.45) is 0. The Balaban J connectivity index is 2.31. The van der Waals surface area contributed by atoms with Gasteiger partial charge >= 0.3 is 11.7 Å². The molecule has 21 heavy (non-hydrogen) atoms. The molecule has 1 N–H and O–H groups in total. The molecule has 0 bridgehead atoms. The number of carbonyl (C=O) groups is 1. The maximum absolute atomic E-state index is 11.1. The van der Waals surface area contributed by atoms with Crippen molar-refractivity contribution < 1.29 is 19.6 Å². The van der Waals surface area contributed by atoms with Crippen molar-refractivity contribution >= 4 is 27.6 Å². The first-order valence-electron chi connectivity index (χ1n) is 5.87. The van der Waals surface area contributed by atoms with Crippen LogP contribution in [-0.4, -0.2) is 16.0 Å². The molecule has 0 radical (unpaired) electrons. The zero-order chi connectivity index (χ0) is 15.4. The summed E-state index contributed by atoms with van der Waals surface area (Å²) in [4.78, 5) is 21.5. The Morgan fingerprint density at radius 3 is 2.48 bits per heavy atom. The summed E-state index contributed by atoms with van der Waals surface area (Å²) in [7, 11) is 0. The monoisotopic (exact) mass is 351 g/mol. The number of hydrogen-bond donors (Lipinski definition) is 1. The predicted octanol–water partition coefficient (Wildman–Crippen LogP) is 3.63. The Morgan fingerprint density at radius 2 is 1.90 bits per heavy atom. The van der Waals surface area contributed by atoms with Gasteiger partial charge in [-0.05, 0) is 23.8 Å². The van der Waals surface area contributed by atoms with E-state index in [9.17, 15) is 14.9 Å². The van der Waals surface area contributed by atoms with Crippen LogP contribution in [0.1, 0.15) is 15.9 Å². The highest BCUT2D eigenvalue weighted by Gasteiger charge is 2.22. The molecule has 0 saturated heterocycles. The van der Waals surface area contributed by atoms with Gasteiger partial charge in [0.15, 0.2) is 0 Å². The molecule has 0 aromatic heterocycles. The summed E-state index contributed by atoms with van der Waals surface area (Å²) in [5.41, 5.74) is 0.168. The summed E-state index contributed by atoms with van der Waals surface area (Å²) in [6.45, 7) is 0.0401. The van der Waals surface area contributed by atoms with Crippen molar-refractivity contribution in [3.63, 3.8) is 0 Å². The summed E-state index contributed by atoms with van der Waals surface area (Å²) < 4.78 is 6.27. The van der Waals surface area contributed by atoms with E-state index in [1.807, 2.05) is 0 Å². The number of para-hydroxylation sites is 1. The number of nitro groups is 1. The highest BCUT2D eigenvalue weighted by atomic mass is 79.9. The minimum absolute atomic E-state index is 0.0401. The number of rotatable bonds is 5. The number of carboxylic acid groups (broad SMARTS) is 1. The molecule has 0 unspecified atom stereocenters. The van der Waals surface area contributed by atoms with E-state index in [4.69, 9.17) is 9.84 Å². The van der Waals surface area contributed by atoms with Crippen molar-refractivity contribution in [3.05, 3.63) is 68.2 Å². The molecule has 0 amide bonds. The predicted molar refractivity (Wildman–Crippen MR) is 78.5 cm³/mol. The third-order valence-electron chi connectivity index (χ3n) is 2.72. The summed E-state index contributed by atoms with van der Waals surface area (Å²) in [6, 6.07) is 11.0. The molecule has 0 heterocycles. The quantitative estimate of drug-likeness (QED) is 0.656. The van der Waals surface area contributed by atoms with E-state index in [-0.39, 0.29) is 23.6 Å². The van der Waals surface area contributed by atoms with Gasteiger partial charge in [0.05, 0.1) is 4.92 Å². The number of carboxylic acids is 1. The molecule has 0 aliphatic carbocycles. The number of aromatic carboxylic acids is 1. The molecule has 7 heteroatoms. The van der Waals surface area contributed by atoms with E-state index >= 15 is 0 Å². The molecule has 2 aromatic carbocycles. The molecule has 0 saturated carbocycles. The lowest BCUT2D eigenvalue weighted by molar-refractivity contribution is -0.386. The molecule has 0 spiro atoms. The van der Waals surface area contributed by atoms with Crippen molar-refractivity contribution in [2.24, 2.45) is 0 Å². The Bertz CT molecular complexity index is 652. The number of halogens is 1. The van der Waals surface area contributed by atoms with E-state index in [1.165, 1.54) is 18.2 Å². The number of nitro benzene ring substituents is 1. The van der Waals surface area contributed by atoms with Crippen molar-refractivity contribution in [2.75, 3.05) is 0 Å². The molecule has 108 valence electrons. The number of benzene rings is 2. The van der Waals surface area contributed by atoms with Gasteiger partial charge in [-0.1, -0.05) is 34.1 Å². The molecule has 2 aromatic rings. The minimum Gasteiger partial charge on any atom is -0.481 e. The van der Waals surface area contributed by atoms with E-state index in [0.29, 0.717) is 0 Å². The van der Waals surface area contributed by atoms with Crippen LogP contribution in [0.5, 0.6) is 5.75 Å². The van der Waals surface area contributed by atoms with Gasteiger partial charge < -0.3 is 9.84 Å². The lowest BCUT2D eigenvalue weighted by Gasteiger charge is -2.09. The third-order valence-corrected chi connectivity index (χ3v) is 3.25. The smallest absolute Gasteiger partial charge is 0.339 e. The van der Waals surface area contributed by atoms with Gasteiger partial charge in [0.25, 0.3) is 0 Å². The number of hydrogen-bond acceptors (Lipinski definition) is 4. The molecular weight excluding hydrogens is 342 g/mol. The molecule has 6 nitrogen and oxygen atoms in total. The largest absolute Gasteiger partial charge is 0.481 e. The van der Waals surface area contributed by atoms with Crippen molar-refractivity contribution in [1.82, 2.24) is 0 Å². The van der Waals surface area contributed by atoms with E-state index in [0.717, 1.165) is 10.0 Å². The Labute approximate surface area is 128 Å². The SMILES string of the molecule is O=C(O)c1cccc([N+](=O)[O-])c1OCc1ccc(Br)cc1. The lowest BCUT2D eigenvalue weighted by atomic mass is 10.1. The van der Waals surface area contributed by atoms with Gasteiger partial charge in [-0.3, -0.25) is 10.1 Å². The van der Waals surface area contributed by atoms with Crippen LogP contribution in [-0.2, 0) is 6.61 Å². The molecule has 0 aliphatic heterocycles. The Kier molecular flexibility index (Phi) is 4.54. The third kappa shape index (κ3) is 3.57. The molecule has 0 atom stereocenters. The first kappa shape index (κ1) is 15.0. The second-order valence-electron chi connectivity index (χ2n) is 4.13. The highest BCUT2D eigenvalue weighted by molar-refractivity contribution is 9.10.